The molecule has 3 aromatic rings. The molecule has 33 heavy (non-hydrogen) atoms. The summed E-state index contributed by atoms with van der Waals surface area (Å²) in [4.78, 5) is 2.13. The van der Waals surface area contributed by atoms with Crippen LogP contribution >= 0.6 is 0 Å². The van der Waals surface area contributed by atoms with Gasteiger partial charge >= 0.3 is 0 Å². The van der Waals surface area contributed by atoms with Crippen molar-refractivity contribution >= 4 is 0 Å². The normalized spacial score (nSPS) is 12.0. The molecule has 0 aliphatic carbocycles. The lowest BCUT2D eigenvalue weighted by atomic mass is 10.2. The highest BCUT2D eigenvalue weighted by atomic mass is 19.1. The van der Waals surface area contributed by atoms with Crippen LogP contribution in [0.4, 0.5) is 4.39 Å². The number of para-hydroxylation sites is 1. The van der Waals surface area contributed by atoms with Gasteiger partial charge in [0, 0.05) is 19.2 Å². The Morgan fingerprint density at radius 1 is 1.21 bits per heavy atom. The van der Waals surface area contributed by atoms with Gasteiger partial charge in [-0.2, -0.15) is 5.10 Å². The van der Waals surface area contributed by atoms with Gasteiger partial charge in [-0.05, 0) is 44.2 Å². The topological polar surface area (TPSA) is 59.8 Å². The molecule has 0 fully saturated rings. The third-order valence-corrected chi connectivity index (χ3v) is 5.03. The van der Waals surface area contributed by atoms with Crippen LogP contribution in [-0.2, 0) is 11.3 Å². The van der Waals surface area contributed by atoms with Crippen molar-refractivity contribution in [3.05, 3.63) is 71.7 Å². The van der Waals surface area contributed by atoms with E-state index >= 15 is 0 Å². The first-order valence-electron chi connectivity index (χ1n) is 11.0. The van der Waals surface area contributed by atoms with Crippen LogP contribution in [-0.4, -0.2) is 52.2 Å². The number of aromatic nitrogens is 2. The van der Waals surface area contributed by atoms with E-state index in [0.717, 1.165) is 29.9 Å². The van der Waals surface area contributed by atoms with Crippen LogP contribution in [0.3, 0.4) is 0 Å². The van der Waals surface area contributed by atoms with E-state index < -0.39 is 6.10 Å². The quantitative estimate of drug-likeness (QED) is 0.328. The Balaban J connectivity index is 1.92. The van der Waals surface area contributed by atoms with Gasteiger partial charge in [0.1, 0.15) is 18.2 Å². The van der Waals surface area contributed by atoms with Crippen LogP contribution in [0.1, 0.15) is 24.6 Å². The molecule has 7 heteroatoms. The van der Waals surface area contributed by atoms with Crippen LogP contribution in [0, 0.1) is 25.1 Å². The first-order chi connectivity index (χ1) is 16.0. The van der Waals surface area contributed by atoms with E-state index in [1.807, 2.05) is 37.3 Å². The average Bonchev–Trinajstić information content (AvgIpc) is 3.10. The molecule has 0 amide bonds. The fourth-order valence-electron chi connectivity index (χ4n) is 3.59. The van der Waals surface area contributed by atoms with Crippen molar-refractivity contribution < 1.29 is 19.0 Å². The summed E-state index contributed by atoms with van der Waals surface area (Å²) >= 11 is 0. The van der Waals surface area contributed by atoms with Crippen molar-refractivity contribution in [2.45, 2.75) is 32.9 Å². The van der Waals surface area contributed by atoms with E-state index in [1.165, 1.54) is 12.1 Å². The average molecular weight is 452 g/mol. The Hall–Kier alpha value is -3.18. The second-order valence-electron chi connectivity index (χ2n) is 7.78. The summed E-state index contributed by atoms with van der Waals surface area (Å²) in [7, 11) is 0. The van der Waals surface area contributed by atoms with E-state index in [9.17, 15) is 9.50 Å². The number of rotatable bonds is 12. The molecule has 0 spiro atoms. The zero-order chi connectivity index (χ0) is 23.6. The number of aryl methyl sites for hydroxylation is 1. The second kappa shape index (κ2) is 12.2. The van der Waals surface area contributed by atoms with Crippen LogP contribution in [0.25, 0.3) is 5.69 Å². The van der Waals surface area contributed by atoms with Crippen molar-refractivity contribution in [1.82, 2.24) is 14.7 Å². The molecule has 0 unspecified atom stereocenters. The summed E-state index contributed by atoms with van der Waals surface area (Å²) in [5.41, 5.74) is 2.50. The van der Waals surface area contributed by atoms with Gasteiger partial charge in [0.15, 0.2) is 0 Å². The molecule has 6 nitrogen and oxygen atoms in total. The van der Waals surface area contributed by atoms with Crippen LogP contribution in [0.2, 0.25) is 0 Å². The number of aliphatic hydroxyl groups is 1. The highest BCUT2D eigenvalue weighted by Crippen LogP contribution is 2.32. The van der Waals surface area contributed by atoms with Gasteiger partial charge < -0.3 is 14.6 Å². The lowest BCUT2D eigenvalue weighted by Gasteiger charge is -2.25. The second-order valence-corrected chi connectivity index (χ2v) is 7.78. The maximum atomic E-state index is 13.8. The number of ether oxygens (including phenoxy) is 2. The Kier molecular flexibility index (Phi) is 9.02. The molecule has 0 saturated carbocycles. The summed E-state index contributed by atoms with van der Waals surface area (Å²) in [5, 5.41) is 15.1. The van der Waals surface area contributed by atoms with Gasteiger partial charge in [-0.25, -0.2) is 9.07 Å². The summed E-state index contributed by atoms with van der Waals surface area (Å²) in [6.45, 7) is 6.01. The van der Waals surface area contributed by atoms with Gasteiger partial charge in [0.25, 0.3) is 0 Å². The van der Waals surface area contributed by atoms with Gasteiger partial charge in [0.05, 0.1) is 29.7 Å². The molecular weight excluding hydrogens is 421 g/mol. The summed E-state index contributed by atoms with van der Waals surface area (Å²) in [6, 6.07) is 15.7. The lowest BCUT2D eigenvalue weighted by Crippen LogP contribution is -2.35. The van der Waals surface area contributed by atoms with Gasteiger partial charge in [0.2, 0.25) is 5.88 Å². The Labute approximate surface area is 194 Å². The minimum atomic E-state index is -0.679. The summed E-state index contributed by atoms with van der Waals surface area (Å²) < 4.78 is 27.0. The molecule has 1 atom stereocenters. The molecule has 3 rings (SSSR count). The molecular formula is C26H30FN3O3. The van der Waals surface area contributed by atoms with Gasteiger partial charge in [-0.3, -0.25) is 4.90 Å². The van der Waals surface area contributed by atoms with E-state index in [0.29, 0.717) is 24.7 Å². The number of aliphatic hydroxyl groups excluding tert-OH is 1. The lowest BCUT2D eigenvalue weighted by molar-refractivity contribution is 0.0259. The van der Waals surface area contributed by atoms with E-state index in [-0.39, 0.29) is 19.0 Å². The number of halogens is 1. The number of nitrogens with zero attached hydrogens (tertiary/aromatic N) is 3. The predicted octanol–water partition coefficient (Wildman–Crippen LogP) is 4.33. The Bertz CT molecular complexity index is 1060. The number of benzene rings is 2. The molecule has 1 heterocycles. The Morgan fingerprint density at radius 3 is 2.70 bits per heavy atom. The molecule has 1 aromatic heterocycles. The fraction of sp³-hybridized carbons (Fsp3) is 0.346. The minimum Gasteiger partial charge on any atom is -0.438 e. The van der Waals surface area contributed by atoms with E-state index in [1.54, 1.807) is 16.8 Å². The largest absolute Gasteiger partial charge is 0.438 e. The standard InChI is InChI=1S/C26H30FN3O3/c1-4-14-29(17-23(31)19-32-15-5-2)18-25-20(3)28-30(22-11-7-6-8-12-22)26(25)33-24-13-9-10-21(27)16-24/h2,6-13,16,23,31H,4,14-15,17-19H2,1,3H3/t23-/m1/s1. The smallest absolute Gasteiger partial charge is 0.227 e. The molecule has 174 valence electrons. The van der Waals surface area contributed by atoms with Crippen LogP contribution in [0.5, 0.6) is 11.6 Å². The van der Waals surface area contributed by atoms with Crippen molar-refractivity contribution in [2.24, 2.45) is 0 Å². The molecule has 0 radical (unpaired) electrons. The van der Waals surface area contributed by atoms with Crippen LogP contribution < -0.4 is 4.74 Å². The van der Waals surface area contributed by atoms with Crippen molar-refractivity contribution in [3.8, 4) is 29.7 Å². The highest BCUT2D eigenvalue weighted by molar-refractivity contribution is 5.43. The van der Waals surface area contributed by atoms with Gasteiger partial charge in [-0.1, -0.05) is 37.1 Å². The van der Waals surface area contributed by atoms with Crippen molar-refractivity contribution in [3.63, 3.8) is 0 Å². The molecule has 0 aliphatic heterocycles. The minimum absolute atomic E-state index is 0.166. The van der Waals surface area contributed by atoms with E-state index in [2.05, 4.69) is 17.7 Å². The molecule has 1 N–H and O–H groups in total. The first-order valence-corrected chi connectivity index (χ1v) is 11.0. The van der Waals surface area contributed by atoms with Gasteiger partial charge in [-0.15, -0.1) is 6.42 Å². The van der Waals surface area contributed by atoms with Crippen LogP contribution in [0.15, 0.2) is 54.6 Å². The third-order valence-electron chi connectivity index (χ3n) is 5.03. The highest BCUT2D eigenvalue weighted by Gasteiger charge is 2.22. The summed E-state index contributed by atoms with van der Waals surface area (Å²) in [5.74, 6) is 2.93. The number of hydrogen-bond acceptors (Lipinski definition) is 5. The fourth-order valence-corrected chi connectivity index (χ4v) is 3.59. The molecule has 0 saturated heterocycles. The third kappa shape index (κ3) is 6.90. The molecule has 2 aromatic carbocycles. The maximum Gasteiger partial charge on any atom is 0.227 e. The zero-order valence-corrected chi connectivity index (χ0v) is 19.1. The zero-order valence-electron chi connectivity index (χ0n) is 19.1. The van der Waals surface area contributed by atoms with Crippen molar-refractivity contribution in [1.29, 1.82) is 0 Å². The number of hydrogen-bond donors (Lipinski definition) is 1. The monoisotopic (exact) mass is 451 g/mol. The SMILES string of the molecule is C#CCOC[C@H](O)CN(CCC)Cc1c(C)nn(-c2ccccc2)c1Oc1cccc(F)c1. The number of terminal acetylenes is 1. The first kappa shape index (κ1) is 24.5. The van der Waals surface area contributed by atoms with Crippen molar-refractivity contribution in [2.75, 3.05) is 26.3 Å². The maximum absolute atomic E-state index is 13.8. The molecule has 0 bridgehead atoms. The predicted molar refractivity (Wildman–Crippen MR) is 126 cm³/mol. The Morgan fingerprint density at radius 2 is 2.00 bits per heavy atom. The summed E-state index contributed by atoms with van der Waals surface area (Å²) in [6.07, 6.45) is 5.44. The van der Waals surface area contributed by atoms with E-state index in [4.69, 9.17) is 21.0 Å². The molecule has 0 aliphatic rings.